The van der Waals surface area contributed by atoms with E-state index in [0.717, 1.165) is 0 Å². The van der Waals surface area contributed by atoms with Crippen LogP contribution in [0.15, 0.2) is 0 Å². The Hall–Kier alpha value is -0.160. The quantitative estimate of drug-likeness (QED) is 0.431. The zero-order chi connectivity index (χ0) is 7.98. The number of aliphatic hydroxyl groups excluding tert-OH is 2. The predicted molar refractivity (Wildman–Crippen MR) is 39.6 cm³/mol. The maximum absolute atomic E-state index is 9.01. The smallest absolute Gasteiger partial charge is 0.0789 e. The first-order chi connectivity index (χ1) is 4.70. The van der Waals surface area contributed by atoms with Gasteiger partial charge < -0.3 is 20.8 Å². The van der Waals surface area contributed by atoms with E-state index in [1.807, 2.05) is 11.9 Å². The van der Waals surface area contributed by atoms with Gasteiger partial charge in [-0.05, 0) is 7.05 Å². The number of rotatable bonds is 5. The van der Waals surface area contributed by atoms with Gasteiger partial charge in [0.1, 0.15) is 0 Å². The third kappa shape index (κ3) is 4.69. The Balaban J connectivity index is 3.27. The molecule has 0 unspecified atom stereocenters. The highest BCUT2D eigenvalue weighted by atomic mass is 16.3. The summed E-state index contributed by atoms with van der Waals surface area (Å²) in [5, 5.41) is 17.5. The Morgan fingerprint density at radius 3 is 2.60 bits per heavy atom. The van der Waals surface area contributed by atoms with E-state index < -0.39 is 6.10 Å². The van der Waals surface area contributed by atoms with Crippen molar-refractivity contribution in [1.29, 1.82) is 0 Å². The first-order valence-corrected chi connectivity index (χ1v) is 3.38. The summed E-state index contributed by atoms with van der Waals surface area (Å²) in [5.74, 6) is 0. The zero-order valence-corrected chi connectivity index (χ0v) is 6.32. The van der Waals surface area contributed by atoms with Crippen molar-refractivity contribution in [3.8, 4) is 0 Å². The highest BCUT2D eigenvalue weighted by Crippen LogP contribution is 1.85. The van der Waals surface area contributed by atoms with Gasteiger partial charge in [0, 0.05) is 19.6 Å². The normalized spacial score (nSPS) is 14.1. The van der Waals surface area contributed by atoms with E-state index in [1.54, 1.807) is 0 Å². The molecule has 0 heterocycles. The minimum atomic E-state index is -0.475. The summed E-state index contributed by atoms with van der Waals surface area (Å²) in [4.78, 5) is 1.83. The van der Waals surface area contributed by atoms with Crippen LogP contribution in [-0.4, -0.2) is 54.5 Å². The number of aliphatic hydroxyl groups is 2. The third-order valence-corrected chi connectivity index (χ3v) is 1.28. The lowest BCUT2D eigenvalue weighted by atomic mass is 10.3. The molecule has 4 N–H and O–H groups in total. The van der Waals surface area contributed by atoms with Crippen molar-refractivity contribution in [1.82, 2.24) is 4.90 Å². The number of nitrogens with two attached hydrogens (primary N) is 1. The molecule has 0 bridgehead atoms. The second-order valence-corrected chi connectivity index (χ2v) is 2.38. The summed E-state index contributed by atoms with van der Waals surface area (Å²) in [6, 6.07) is 0. The van der Waals surface area contributed by atoms with Crippen LogP contribution in [0, 0.1) is 0 Å². The van der Waals surface area contributed by atoms with Gasteiger partial charge in [0.2, 0.25) is 0 Å². The highest BCUT2D eigenvalue weighted by molar-refractivity contribution is 4.60. The van der Waals surface area contributed by atoms with Gasteiger partial charge in [0.25, 0.3) is 0 Å². The van der Waals surface area contributed by atoms with Crippen LogP contribution < -0.4 is 5.73 Å². The second-order valence-electron chi connectivity index (χ2n) is 2.38. The Morgan fingerprint density at radius 2 is 2.20 bits per heavy atom. The molecule has 0 aromatic carbocycles. The topological polar surface area (TPSA) is 69.7 Å². The molecule has 0 fully saturated rings. The first kappa shape index (κ1) is 9.84. The fourth-order valence-electron chi connectivity index (χ4n) is 0.696. The minimum Gasteiger partial charge on any atom is -0.395 e. The molecule has 0 rings (SSSR count). The summed E-state index contributed by atoms with van der Waals surface area (Å²) in [6.45, 7) is 1.50. The van der Waals surface area contributed by atoms with E-state index in [0.29, 0.717) is 13.1 Å². The molecule has 10 heavy (non-hydrogen) atoms. The standard InChI is InChI=1S/C6H16N2O2/c1-8(2-3-9)5-6(10)4-7/h6,9-10H,2-5,7H2,1H3/t6-/m0/s1. The molecule has 4 nitrogen and oxygen atoms in total. The third-order valence-electron chi connectivity index (χ3n) is 1.28. The Kier molecular flexibility index (Phi) is 5.52. The van der Waals surface area contributed by atoms with Crippen molar-refractivity contribution in [2.24, 2.45) is 5.73 Å². The molecule has 0 spiro atoms. The van der Waals surface area contributed by atoms with Gasteiger partial charge in [0.15, 0.2) is 0 Å². The molecule has 0 saturated carbocycles. The van der Waals surface area contributed by atoms with Crippen LogP contribution in [0.2, 0.25) is 0 Å². The Morgan fingerprint density at radius 1 is 1.60 bits per heavy atom. The lowest BCUT2D eigenvalue weighted by Crippen LogP contribution is -2.35. The number of hydrogen-bond donors (Lipinski definition) is 3. The molecule has 0 amide bonds. The van der Waals surface area contributed by atoms with Crippen LogP contribution in [0.5, 0.6) is 0 Å². The molecular formula is C6H16N2O2. The second kappa shape index (κ2) is 5.61. The van der Waals surface area contributed by atoms with Crippen LogP contribution in [-0.2, 0) is 0 Å². The van der Waals surface area contributed by atoms with Crippen molar-refractivity contribution in [2.45, 2.75) is 6.10 Å². The van der Waals surface area contributed by atoms with E-state index >= 15 is 0 Å². The van der Waals surface area contributed by atoms with Crippen LogP contribution >= 0.6 is 0 Å². The minimum absolute atomic E-state index is 0.119. The zero-order valence-electron chi connectivity index (χ0n) is 6.32. The monoisotopic (exact) mass is 148 g/mol. The molecular weight excluding hydrogens is 132 g/mol. The van der Waals surface area contributed by atoms with Gasteiger partial charge in [-0.15, -0.1) is 0 Å². The summed E-state index contributed by atoms with van der Waals surface area (Å²) < 4.78 is 0. The summed E-state index contributed by atoms with van der Waals surface area (Å²) in [7, 11) is 1.83. The van der Waals surface area contributed by atoms with Gasteiger partial charge in [0.05, 0.1) is 12.7 Å². The maximum Gasteiger partial charge on any atom is 0.0789 e. The average Bonchev–Trinajstić information content (AvgIpc) is 1.88. The lowest BCUT2D eigenvalue weighted by molar-refractivity contribution is 0.120. The SMILES string of the molecule is CN(CCO)C[C@@H](O)CN. The molecule has 0 aromatic rings. The predicted octanol–water partition coefficient (Wildman–Crippen LogP) is -1.77. The molecule has 0 aliphatic heterocycles. The van der Waals surface area contributed by atoms with Gasteiger partial charge >= 0.3 is 0 Å². The van der Waals surface area contributed by atoms with Gasteiger partial charge in [-0.1, -0.05) is 0 Å². The van der Waals surface area contributed by atoms with Crippen molar-refractivity contribution in [3.05, 3.63) is 0 Å². The van der Waals surface area contributed by atoms with Crippen LogP contribution in [0.3, 0.4) is 0 Å². The number of hydrogen-bond acceptors (Lipinski definition) is 4. The lowest BCUT2D eigenvalue weighted by Gasteiger charge is -2.17. The molecule has 0 aliphatic carbocycles. The van der Waals surface area contributed by atoms with Gasteiger partial charge in [-0.2, -0.15) is 0 Å². The van der Waals surface area contributed by atoms with Crippen molar-refractivity contribution in [2.75, 3.05) is 33.3 Å². The molecule has 0 aliphatic rings. The molecule has 0 saturated heterocycles. The Bertz CT molecular complexity index is 80.1. The van der Waals surface area contributed by atoms with E-state index in [1.165, 1.54) is 0 Å². The molecule has 62 valence electrons. The molecule has 1 atom stereocenters. The maximum atomic E-state index is 9.01. The molecule has 4 heteroatoms. The number of likely N-dealkylation sites (N-methyl/N-ethyl adjacent to an activating group) is 1. The van der Waals surface area contributed by atoms with Gasteiger partial charge in [-0.3, -0.25) is 0 Å². The van der Waals surface area contributed by atoms with E-state index in [2.05, 4.69) is 0 Å². The van der Waals surface area contributed by atoms with Crippen LogP contribution in [0.25, 0.3) is 0 Å². The molecule has 0 aromatic heterocycles. The first-order valence-electron chi connectivity index (χ1n) is 3.38. The average molecular weight is 148 g/mol. The van der Waals surface area contributed by atoms with Crippen molar-refractivity contribution < 1.29 is 10.2 Å². The van der Waals surface area contributed by atoms with Gasteiger partial charge in [-0.25, -0.2) is 0 Å². The van der Waals surface area contributed by atoms with Crippen molar-refractivity contribution >= 4 is 0 Å². The fraction of sp³-hybridized carbons (Fsp3) is 1.00. The van der Waals surface area contributed by atoms with Crippen LogP contribution in [0.1, 0.15) is 0 Å². The largest absolute Gasteiger partial charge is 0.395 e. The highest BCUT2D eigenvalue weighted by Gasteiger charge is 2.03. The van der Waals surface area contributed by atoms with E-state index in [4.69, 9.17) is 15.9 Å². The Labute approximate surface area is 61.3 Å². The van der Waals surface area contributed by atoms with Crippen LogP contribution in [0.4, 0.5) is 0 Å². The van der Waals surface area contributed by atoms with Crippen molar-refractivity contribution in [3.63, 3.8) is 0 Å². The fourth-order valence-corrected chi connectivity index (χ4v) is 0.696. The summed E-state index contributed by atoms with van der Waals surface area (Å²) in [5.41, 5.74) is 5.18. The summed E-state index contributed by atoms with van der Waals surface area (Å²) >= 11 is 0. The van der Waals surface area contributed by atoms with E-state index in [9.17, 15) is 0 Å². The summed E-state index contributed by atoms with van der Waals surface area (Å²) in [6.07, 6.45) is -0.475. The number of nitrogens with zero attached hydrogens (tertiary/aromatic N) is 1. The molecule has 0 radical (unpaired) electrons. The van der Waals surface area contributed by atoms with E-state index in [-0.39, 0.29) is 13.2 Å².